The monoisotopic (exact) mass is 337 g/mol. The van der Waals surface area contributed by atoms with Crippen LogP contribution in [0.4, 0.5) is 0 Å². The number of nitrogens with one attached hydrogen (secondary N) is 1. The van der Waals surface area contributed by atoms with Gasteiger partial charge in [-0.15, -0.1) is 0 Å². The number of rotatable bonds is 6. The van der Waals surface area contributed by atoms with Crippen LogP contribution in [-0.4, -0.2) is 13.7 Å². The maximum Gasteiger partial charge on any atom is 0.169 e. The van der Waals surface area contributed by atoms with Crippen LogP contribution >= 0.6 is 15.9 Å². The molecule has 0 aliphatic rings. The van der Waals surface area contributed by atoms with Gasteiger partial charge in [-0.1, -0.05) is 24.6 Å². The highest BCUT2D eigenvalue weighted by atomic mass is 79.9. The molecule has 3 nitrogen and oxygen atoms in total. The Bertz CT molecular complexity index is 565. The van der Waals surface area contributed by atoms with E-state index in [-0.39, 0.29) is 6.04 Å². The Morgan fingerprint density at radius 2 is 2.10 bits per heavy atom. The average Bonchev–Trinajstić information content (AvgIpc) is 2.86. The van der Waals surface area contributed by atoms with Gasteiger partial charge in [-0.2, -0.15) is 0 Å². The summed E-state index contributed by atoms with van der Waals surface area (Å²) in [6.07, 6.45) is 1.06. The van der Waals surface area contributed by atoms with E-state index in [4.69, 9.17) is 9.15 Å². The van der Waals surface area contributed by atoms with Gasteiger partial charge in [0.2, 0.25) is 0 Å². The van der Waals surface area contributed by atoms with Gasteiger partial charge in [0.25, 0.3) is 0 Å². The number of furan rings is 1. The number of aryl methyl sites for hydroxylation is 1. The standard InChI is InChI=1S/C16H20BrNO2/c1-4-9-18-16(14-7-8-15(17)20-14)12-10-11(2)5-6-13(12)19-3/h5-8,10,16,18H,4,9H2,1-3H3. The second kappa shape index (κ2) is 6.95. The lowest BCUT2D eigenvalue weighted by molar-refractivity contribution is 0.389. The van der Waals surface area contributed by atoms with Gasteiger partial charge in [-0.25, -0.2) is 0 Å². The summed E-state index contributed by atoms with van der Waals surface area (Å²) in [6, 6.07) is 10.1. The summed E-state index contributed by atoms with van der Waals surface area (Å²) in [6.45, 7) is 5.15. The van der Waals surface area contributed by atoms with Crippen molar-refractivity contribution in [2.24, 2.45) is 0 Å². The van der Waals surface area contributed by atoms with Crippen molar-refractivity contribution >= 4 is 15.9 Å². The van der Waals surface area contributed by atoms with Gasteiger partial charge in [-0.3, -0.25) is 0 Å². The highest BCUT2D eigenvalue weighted by Gasteiger charge is 2.21. The van der Waals surface area contributed by atoms with Crippen LogP contribution in [0.3, 0.4) is 0 Å². The minimum Gasteiger partial charge on any atom is -0.496 e. The van der Waals surface area contributed by atoms with Crippen molar-refractivity contribution in [3.63, 3.8) is 0 Å². The molecule has 0 bridgehead atoms. The average molecular weight is 338 g/mol. The van der Waals surface area contributed by atoms with E-state index in [1.54, 1.807) is 7.11 Å². The molecular weight excluding hydrogens is 318 g/mol. The second-order valence-electron chi connectivity index (χ2n) is 4.77. The lowest BCUT2D eigenvalue weighted by Crippen LogP contribution is -2.23. The lowest BCUT2D eigenvalue weighted by Gasteiger charge is -2.20. The molecule has 2 aromatic rings. The molecule has 0 aliphatic heterocycles. The number of methoxy groups -OCH3 is 1. The van der Waals surface area contributed by atoms with E-state index in [1.165, 1.54) is 5.56 Å². The van der Waals surface area contributed by atoms with Crippen LogP contribution in [0.5, 0.6) is 5.75 Å². The van der Waals surface area contributed by atoms with Crippen LogP contribution < -0.4 is 10.1 Å². The Hall–Kier alpha value is -1.26. The van der Waals surface area contributed by atoms with E-state index in [0.29, 0.717) is 0 Å². The summed E-state index contributed by atoms with van der Waals surface area (Å²) >= 11 is 3.37. The van der Waals surface area contributed by atoms with Crippen LogP contribution in [0.1, 0.15) is 36.3 Å². The van der Waals surface area contributed by atoms with Crippen LogP contribution in [0.15, 0.2) is 39.4 Å². The van der Waals surface area contributed by atoms with Gasteiger partial charge in [0.15, 0.2) is 4.67 Å². The van der Waals surface area contributed by atoms with Crippen LogP contribution in [-0.2, 0) is 0 Å². The maximum absolute atomic E-state index is 5.74. The normalized spacial score (nSPS) is 12.4. The van der Waals surface area contributed by atoms with Crippen molar-refractivity contribution in [1.82, 2.24) is 5.32 Å². The summed E-state index contributed by atoms with van der Waals surface area (Å²) in [5, 5.41) is 3.52. The highest BCUT2D eigenvalue weighted by Crippen LogP contribution is 2.32. The number of hydrogen-bond donors (Lipinski definition) is 1. The Labute approximate surface area is 128 Å². The molecule has 1 heterocycles. The molecule has 1 aromatic carbocycles. The topological polar surface area (TPSA) is 34.4 Å². The zero-order valence-corrected chi connectivity index (χ0v) is 13.7. The van der Waals surface area contributed by atoms with Crippen molar-refractivity contribution in [2.45, 2.75) is 26.3 Å². The first kappa shape index (κ1) is 15.1. The van der Waals surface area contributed by atoms with E-state index in [0.717, 1.165) is 34.7 Å². The molecular formula is C16H20BrNO2. The number of benzene rings is 1. The van der Waals surface area contributed by atoms with E-state index in [9.17, 15) is 0 Å². The number of ether oxygens (including phenoxy) is 1. The summed E-state index contributed by atoms with van der Waals surface area (Å²) in [5.41, 5.74) is 2.30. The number of halogens is 1. The predicted octanol–water partition coefficient (Wildman–Crippen LogP) is 4.45. The molecule has 0 fully saturated rings. The fourth-order valence-electron chi connectivity index (χ4n) is 2.22. The SMILES string of the molecule is CCCNC(c1ccc(Br)o1)c1cc(C)ccc1OC. The first-order valence-electron chi connectivity index (χ1n) is 6.79. The van der Waals surface area contributed by atoms with Gasteiger partial charge in [0.05, 0.1) is 13.2 Å². The zero-order valence-electron chi connectivity index (χ0n) is 12.1. The Morgan fingerprint density at radius 3 is 2.70 bits per heavy atom. The first-order chi connectivity index (χ1) is 9.65. The Balaban J connectivity index is 2.42. The third-order valence-corrected chi connectivity index (χ3v) is 3.60. The van der Waals surface area contributed by atoms with E-state index in [1.807, 2.05) is 18.2 Å². The van der Waals surface area contributed by atoms with Crippen LogP contribution in [0.25, 0.3) is 0 Å². The van der Waals surface area contributed by atoms with Gasteiger partial charge < -0.3 is 14.5 Å². The molecule has 0 amide bonds. The molecule has 0 saturated carbocycles. The second-order valence-corrected chi connectivity index (χ2v) is 5.56. The molecule has 1 N–H and O–H groups in total. The van der Waals surface area contributed by atoms with Crippen molar-refractivity contribution < 1.29 is 9.15 Å². The van der Waals surface area contributed by atoms with Gasteiger partial charge in [-0.05, 0) is 54.0 Å². The molecule has 0 spiro atoms. The lowest BCUT2D eigenvalue weighted by atomic mass is 10.0. The summed E-state index contributed by atoms with van der Waals surface area (Å²) in [7, 11) is 1.70. The Morgan fingerprint density at radius 1 is 1.30 bits per heavy atom. The molecule has 1 atom stereocenters. The molecule has 0 saturated heterocycles. The van der Waals surface area contributed by atoms with Crippen molar-refractivity contribution in [3.8, 4) is 5.75 Å². The molecule has 108 valence electrons. The van der Waals surface area contributed by atoms with Gasteiger partial charge in [0, 0.05) is 5.56 Å². The molecule has 4 heteroatoms. The van der Waals surface area contributed by atoms with Crippen molar-refractivity contribution in [2.75, 3.05) is 13.7 Å². The van der Waals surface area contributed by atoms with Crippen LogP contribution in [0.2, 0.25) is 0 Å². The molecule has 1 aromatic heterocycles. The fraction of sp³-hybridized carbons (Fsp3) is 0.375. The molecule has 0 radical (unpaired) electrons. The Kier molecular flexibility index (Phi) is 5.26. The largest absolute Gasteiger partial charge is 0.496 e. The minimum absolute atomic E-state index is 0.00361. The van der Waals surface area contributed by atoms with Crippen molar-refractivity contribution in [1.29, 1.82) is 0 Å². The molecule has 2 rings (SSSR count). The quantitative estimate of drug-likeness (QED) is 0.845. The smallest absolute Gasteiger partial charge is 0.169 e. The molecule has 20 heavy (non-hydrogen) atoms. The van der Waals surface area contributed by atoms with E-state index < -0.39 is 0 Å². The van der Waals surface area contributed by atoms with Gasteiger partial charge >= 0.3 is 0 Å². The third-order valence-electron chi connectivity index (χ3n) is 3.17. The fourth-order valence-corrected chi connectivity index (χ4v) is 2.53. The summed E-state index contributed by atoms with van der Waals surface area (Å²) < 4.78 is 12.0. The molecule has 0 aliphatic carbocycles. The van der Waals surface area contributed by atoms with E-state index in [2.05, 4.69) is 47.2 Å². The zero-order chi connectivity index (χ0) is 14.5. The number of hydrogen-bond acceptors (Lipinski definition) is 3. The third kappa shape index (κ3) is 3.44. The minimum atomic E-state index is -0.00361. The predicted molar refractivity (Wildman–Crippen MR) is 84.3 cm³/mol. The molecule has 1 unspecified atom stereocenters. The first-order valence-corrected chi connectivity index (χ1v) is 7.58. The van der Waals surface area contributed by atoms with E-state index >= 15 is 0 Å². The van der Waals surface area contributed by atoms with Crippen LogP contribution in [0, 0.1) is 6.92 Å². The van der Waals surface area contributed by atoms with Crippen molar-refractivity contribution in [3.05, 3.63) is 51.9 Å². The van der Waals surface area contributed by atoms with Gasteiger partial charge in [0.1, 0.15) is 11.5 Å². The summed E-state index contributed by atoms with van der Waals surface area (Å²) in [4.78, 5) is 0. The highest BCUT2D eigenvalue weighted by molar-refractivity contribution is 9.10. The summed E-state index contributed by atoms with van der Waals surface area (Å²) in [5.74, 6) is 1.76. The maximum atomic E-state index is 5.74.